The number of carbonyl (C=O) groups is 1. The van der Waals surface area contributed by atoms with Gasteiger partial charge >= 0.3 is 5.97 Å². The maximum atomic E-state index is 12.7. The van der Waals surface area contributed by atoms with E-state index >= 15 is 0 Å². The van der Waals surface area contributed by atoms with Crippen molar-refractivity contribution >= 4 is 5.97 Å². The summed E-state index contributed by atoms with van der Waals surface area (Å²) < 4.78 is 0. The average Bonchev–Trinajstić information content (AvgIpc) is 2.72. The molecule has 0 spiro atoms. The fourth-order valence-electron chi connectivity index (χ4n) is 10.1. The van der Waals surface area contributed by atoms with Crippen molar-refractivity contribution in [1.82, 2.24) is 0 Å². The zero-order valence-corrected chi connectivity index (χ0v) is 22.4. The van der Waals surface area contributed by atoms with E-state index in [1.807, 2.05) is 0 Å². The van der Waals surface area contributed by atoms with Crippen molar-refractivity contribution in [3.63, 3.8) is 0 Å². The first kappa shape index (κ1) is 24.6. The van der Waals surface area contributed by atoms with Gasteiger partial charge in [-0.3, -0.25) is 4.79 Å². The Kier molecular flexibility index (Phi) is 5.06. The fourth-order valence-corrected chi connectivity index (χ4v) is 10.1. The molecule has 3 fully saturated rings. The highest BCUT2D eigenvalue weighted by molar-refractivity contribution is 5.80. The minimum atomic E-state index is -0.704. The van der Waals surface area contributed by atoms with Crippen molar-refractivity contribution in [2.45, 2.75) is 112 Å². The molecule has 4 nitrogen and oxygen atoms in total. The summed E-state index contributed by atoms with van der Waals surface area (Å²) in [4.78, 5) is 12.7. The van der Waals surface area contributed by atoms with E-state index in [1.54, 1.807) is 0 Å². The maximum Gasteiger partial charge on any atom is 0.313 e. The van der Waals surface area contributed by atoms with Crippen molar-refractivity contribution in [3.8, 4) is 0 Å². The second-order valence-corrected chi connectivity index (χ2v) is 14.8. The van der Waals surface area contributed by atoms with Crippen molar-refractivity contribution < 1.29 is 20.1 Å². The van der Waals surface area contributed by atoms with E-state index in [2.05, 4.69) is 60.6 Å². The molecule has 0 aliphatic heterocycles. The molecule has 0 aromatic rings. The highest BCUT2D eigenvalue weighted by Crippen LogP contribution is 2.74. The molecule has 5 aliphatic rings. The van der Waals surface area contributed by atoms with Gasteiger partial charge in [0.05, 0.1) is 17.6 Å². The predicted octanol–water partition coefficient (Wildman–Crippen LogP) is 6.12. The first-order valence-electron chi connectivity index (χ1n) is 13.6. The molecule has 0 aromatic carbocycles. The van der Waals surface area contributed by atoms with E-state index in [4.69, 9.17) is 0 Å². The fraction of sp³-hybridized carbons (Fsp3) is 0.833. The van der Waals surface area contributed by atoms with Crippen LogP contribution < -0.4 is 0 Å². The van der Waals surface area contributed by atoms with Gasteiger partial charge in [-0.05, 0) is 101 Å². The van der Waals surface area contributed by atoms with Gasteiger partial charge in [0.25, 0.3) is 0 Å². The molecule has 0 bridgehead atoms. The summed E-state index contributed by atoms with van der Waals surface area (Å²) in [6.45, 7) is 16.1. The number of aliphatic hydroxyl groups is 2. The highest BCUT2D eigenvalue weighted by Gasteiger charge is 2.68. The third-order valence-corrected chi connectivity index (χ3v) is 12.4. The van der Waals surface area contributed by atoms with Crippen molar-refractivity contribution in [1.29, 1.82) is 0 Å². The Morgan fingerprint density at radius 1 is 0.941 bits per heavy atom. The Bertz CT molecular complexity index is 974. The van der Waals surface area contributed by atoms with E-state index in [1.165, 1.54) is 11.1 Å². The number of allylic oxidation sites excluding steroid dienone is 3. The number of aliphatic hydroxyl groups excluding tert-OH is 2. The molecule has 0 aromatic heterocycles. The lowest BCUT2D eigenvalue weighted by molar-refractivity contribution is -0.217. The molecule has 34 heavy (non-hydrogen) atoms. The summed E-state index contributed by atoms with van der Waals surface area (Å²) in [5.41, 5.74) is 1.43. The smallest absolute Gasteiger partial charge is 0.313 e. The highest BCUT2D eigenvalue weighted by atomic mass is 16.4. The first-order chi connectivity index (χ1) is 15.6. The van der Waals surface area contributed by atoms with Crippen LogP contribution in [0.5, 0.6) is 0 Å². The van der Waals surface area contributed by atoms with Crippen LogP contribution in [-0.2, 0) is 4.79 Å². The molecule has 8 atom stereocenters. The number of hydrogen-bond donors (Lipinski definition) is 3. The summed E-state index contributed by atoms with van der Waals surface area (Å²) in [5.74, 6) is 0.00716. The number of carboxylic acids is 1. The van der Waals surface area contributed by atoms with Crippen LogP contribution in [0.1, 0.15) is 99.8 Å². The molecule has 3 saturated carbocycles. The van der Waals surface area contributed by atoms with E-state index in [0.29, 0.717) is 18.3 Å². The second-order valence-electron chi connectivity index (χ2n) is 14.8. The van der Waals surface area contributed by atoms with Gasteiger partial charge in [-0.25, -0.2) is 0 Å². The SMILES string of the molecule is CC1(C)CC[C@]2(C(=O)O)CC[C@]3(C)C(=C2C1)C=C[C@@H]1[C@@]2(C)C[C@@H](O)[C@H](O)C(C)(C)[C@@H]2CC[C@]13C. The second kappa shape index (κ2) is 7.00. The van der Waals surface area contributed by atoms with Crippen LogP contribution >= 0.6 is 0 Å². The molecule has 5 aliphatic carbocycles. The molecular weight excluding hydrogens is 424 g/mol. The molecule has 3 N–H and O–H groups in total. The summed E-state index contributed by atoms with van der Waals surface area (Å²) in [5, 5.41) is 32.3. The molecule has 0 unspecified atom stereocenters. The van der Waals surface area contributed by atoms with Crippen LogP contribution in [0.3, 0.4) is 0 Å². The third-order valence-electron chi connectivity index (χ3n) is 12.4. The van der Waals surface area contributed by atoms with E-state index in [0.717, 1.165) is 44.9 Å². The van der Waals surface area contributed by atoms with Gasteiger partial charge in [-0.1, -0.05) is 60.6 Å². The van der Waals surface area contributed by atoms with Crippen molar-refractivity contribution in [2.24, 2.45) is 44.3 Å². The largest absolute Gasteiger partial charge is 0.481 e. The number of aliphatic carboxylic acids is 1. The topological polar surface area (TPSA) is 77.8 Å². The van der Waals surface area contributed by atoms with Gasteiger partial charge in [-0.15, -0.1) is 0 Å². The normalized spacial score (nSPS) is 51.1. The molecule has 0 amide bonds. The minimum Gasteiger partial charge on any atom is -0.481 e. The zero-order valence-electron chi connectivity index (χ0n) is 22.4. The number of carboxylic acid groups (broad SMARTS) is 1. The van der Waals surface area contributed by atoms with Crippen LogP contribution in [-0.4, -0.2) is 33.5 Å². The Morgan fingerprint density at radius 3 is 2.24 bits per heavy atom. The Morgan fingerprint density at radius 2 is 1.59 bits per heavy atom. The Balaban J connectivity index is 1.68. The summed E-state index contributed by atoms with van der Waals surface area (Å²) in [6.07, 6.45) is 10.3. The van der Waals surface area contributed by atoms with Crippen LogP contribution in [0.15, 0.2) is 23.3 Å². The van der Waals surface area contributed by atoms with Gasteiger partial charge in [-0.2, -0.15) is 0 Å². The standard InChI is InChI=1S/C30H46O4/c1-25(2)12-14-30(24(33)34)15-13-28(6)18(19(30)16-25)8-9-22-27(5)17-20(31)23(32)26(3,4)21(27)10-11-29(22,28)7/h8-9,20-23,31-32H,10-17H2,1-7H3,(H,33,34)/t20-,21+,22-,23+,27+,28-,29-,30+/m1/s1. The van der Waals surface area contributed by atoms with E-state index < -0.39 is 23.6 Å². The average molecular weight is 471 g/mol. The third kappa shape index (κ3) is 2.82. The Hall–Kier alpha value is -1.13. The van der Waals surface area contributed by atoms with Gasteiger partial charge < -0.3 is 15.3 Å². The van der Waals surface area contributed by atoms with Gasteiger partial charge in [0, 0.05) is 0 Å². The lowest BCUT2D eigenvalue weighted by Gasteiger charge is -2.69. The molecule has 190 valence electrons. The lowest BCUT2D eigenvalue weighted by Crippen LogP contribution is -2.65. The molecular formula is C30H46O4. The maximum absolute atomic E-state index is 12.7. The van der Waals surface area contributed by atoms with Gasteiger partial charge in [0.1, 0.15) is 0 Å². The van der Waals surface area contributed by atoms with E-state index in [9.17, 15) is 20.1 Å². The van der Waals surface area contributed by atoms with E-state index in [-0.39, 0.29) is 27.1 Å². The monoisotopic (exact) mass is 470 g/mol. The van der Waals surface area contributed by atoms with Crippen LogP contribution in [0, 0.1) is 44.3 Å². The minimum absolute atomic E-state index is 0.000318. The molecule has 0 radical (unpaired) electrons. The predicted molar refractivity (Wildman–Crippen MR) is 134 cm³/mol. The number of fused-ring (bicyclic) bond motifs is 6. The zero-order chi connectivity index (χ0) is 25.1. The van der Waals surface area contributed by atoms with Crippen LogP contribution in [0.4, 0.5) is 0 Å². The molecule has 5 rings (SSSR count). The first-order valence-corrected chi connectivity index (χ1v) is 13.6. The summed E-state index contributed by atoms with van der Waals surface area (Å²) in [7, 11) is 0. The lowest BCUT2D eigenvalue weighted by atomic mass is 9.35. The Labute approximate surface area is 205 Å². The van der Waals surface area contributed by atoms with Crippen molar-refractivity contribution in [2.75, 3.05) is 0 Å². The quantitative estimate of drug-likeness (QED) is 0.431. The van der Waals surface area contributed by atoms with Gasteiger partial charge in [0.15, 0.2) is 0 Å². The van der Waals surface area contributed by atoms with Crippen LogP contribution in [0.25, 0.3) is 0 Å². The van der Waals surface area contributed by atoms with Crippen molar-refractivity contribution in [3.05, 3.63) is 23.3 Å². The van der Waals surface area contributed by atoms with Crippen LogP contribution in [0.2, 0.25) is 0 Å². The number of hydrogen-bond acceptors (Lipinski definition) is 3. The van der Waals surface area contributed by atoms with Gasteiger partial charge in [0.2, 0.25) is 0 Å². The summed E-state index contributed by atoms with van der Waals surface area (Å²) in [6, 6.07) is 0. The number of rotatable bonds is 1. The molecule has 0 saturated heterocycles. The molecule has 0 heterocycles. The molecule has 4 heteroatoms. The summed E-state index contributed by atoms with van der Waals surface area (Å²) >= 11 is 0.